The predicted molar refractivity (Wildman–Crippen MR) is 38.5 cm³/mol. The molecular formula is C4H12BrNO3. The van der Waals surface area contributed by atoms with E-state index in [0.717, 1.165) is 0 Å². The fourth-order valence-electron chi connectivity index (χ4n) is 0.150. The topological polar surface area (TPSA) is 86.7 Å². The van der Waals surface area contributed by atoms with E-state index in [1.807, 2.05) is 0 Å². The molecule has 5 N–H and O–H groups in total. The third-order valence-electron chi connectivity index (χ3n) is 0.945. The monoisotopic (exact) mass is 201 g/mol. The molecule has 4 nitrogen and oxygen atoms in total. The molecular weight excluding hydrogens is 190 g/mol. The van der Waals surface area contributed by atoms with Gasteiger partial charge in [0.2, 0.25) is 0 Å². The zero-order valence-corrected chi connectivity index (χ0v) is 6.66. The number of hydrogen-bond donors (Lipinski definition) is 4. The molecule has 0 aromatic carbocycles. The number of halogens is 1. The van der Waals surface area contributed by atoms with Crippen LogP contribution in [-0.2, 0) is 0 Å². The summed E-state index contributed by atoms with van der Waals surface area (Å²) >= 11 is 0. The van der Waals surface area contributed by atoms with Crippen LogP contribution in [0.5, 0.6) is 0 Å². The zero-order chi connectivity index (χ0) is 6.62. The van der Waals surface area contributed by atoms with Crippen LogP contribution in [0.25, 0.3) is 0 Å². The predicted octanol–water partition coefficient (Wildman–Crippen LogP) is -1.76. The molecule has 0 unspecified atom stereocenters. The van der Waals surface area contributed by atoms with Crippen molar-refractivity contribution in [2.24, 2.45) is 5.73 Å². The van der Waals surface area contributed by atoms with E-state index in [1.165, 1.54) is 0 Å². The molecule has 5 heteroatoms. The third-order valence-corrected chi connectivity index (χ3v) is 0.945. The highest BCUT2D eigenvalue weighted by atomic mass is 79.9. The molecule has 0 rings (SSSR count). The van der Waals surface area contributed by atoms with Crippen LogP contribution in [-0.4, -0.2) is 40.7 Å². The highest BCUT2D eigenvalue weighted by Gasteiger charge is 2.20. The molecule has 0 aliphatic carbocycles. The Balaban J connectivity index is 0. The van der Waals surface area contributed by atoms with Gasteiger partial charge in [0.15, 0.2) is 0 Å². The quantitative estimate of drug-likeness (QED) is 0.436. The molecule has 0 bridgehead atoms. The van der Waals surface area contributed by atoms with Gasteiger partial charge in [0.25, 0.3) is 0 Å². The lowest BCUT2D eigenvalue weighted by molar-refractivity contribution is 0.0698. The molecule has 58 valence electrons. The van der Waals surface area contributed by atoms with E-state index in [-0.39, 0.29) is 17.0 Å². The van der Waals surface area contributed by atoms with Gasteiger partial charge in [-0.1, -0.05) is 0 Å². The smallest absolute Gasteiger partial charge is 0.0856 e. The maximum absolute atomic E-state index is 8.34. The minimum absolute atomic E-state index is 0. The lowest BCUT2D eigenvalue weighted by Gasteiger charge is -2.20. The zero-order valence-electron chi connectivity index (χ0n) is 4.95. The van der Waals surface area contributed by atoms with Crippen molar-refractivity contribution in [2.75, 3.05) is 19.8 Å². The van der Waals surface area contributed by atoms with Crippen LogP contribution in [0.15, 0.2) is 0 Å². The molecule has 9 heavy (non-hydrogen) atoms. The van der Waals surface area contributed by atoms with Gasteiger partial charge in [0.05, 0.1) is 25.4 Å². The van der Waals surface area contributed by atoms with Crippen LogP contribution in [0, 0.1) is 0 Å². The van der Waals surface area contributed by atoms with Gasteiger partial charge in [-0.05, 0) is 0 Å². The molecule has 0 aliphatic heterocycles. The van der Waals surface area contributed by atoms with Crippen LogP contribution in [0.2, 0.25) is 0 Å². The van der Waals surface area contributed by atoms with Crippen molar-refractivity contribution in [3.63, 3.8) is 0 Å². The number of rotatable bonds is 3. The first-order chi connectivity index (χ1) is 3.68. The Hall–Kier alpha value is 0.320. The Bertz CT molecular complexity index is 58.6. The molecule has 0 heterocycles. The van der Waals surface area contributed by atoms with Crippen molar-refractivity contribution in [1.82, 2.24) is 0 Å². The second-order valence-electron chi connectivity index (χ2n) is 1.84. The molecule has 0 spiro atoms. The molecule has 0 saturated heterocycles. The average molecular weight is 202 g/mol. The van der Waals surface area contributed by atoms with Gasteiger partial charge in [-0.25, -0.2) is 0 Å². The summed E-state index contributed by atoms with van der Waals surface area (Å²) < 4.78 is 0. The first-order valence-electron chi connectivity index (χ1n) is 2.30. The van der Waals surface area contributed by atoms with Crippen molar-refractivity contribution in [1.29, 1.82) is 0 Å². The second-order valence-corrected chi connectivity index (χ2v) is 1.84. The normalized spacial score (nSPS) is 10.7. The van der Waals surface area contributed by atoms with Crippen LogP contribution >= 0.6 is 17.0 Å². The molecule has 0 radical (unpaired) electrons. The van der Waals surface area contributed by atoms with Crippen molar-refractivity contribution in [3.8, 4) is 0 Å². The first kappa shape index (κ1) is 12.0. The SMILES string of the molecule is Br.NC(CO)(CO)CO. The molecule has 0 atom stereocenters. The van der Waals surface area contributed by atoms with Gasteiger partial charge < -0.3 is 21.1 Å². The van der Waals surface area contributed by atoms with Gasteiger partial charge in [-0.15, -0.1) is 17.0 Å². The number of nitrogens with two attached hydrogens (primary N) is 1. The lowest BCUT2D eigenvalue weighted by atomic mass is 10.1. The summed E-state index contributed by atoms with van der Waals surface area (Å²) in [7, 11) is 0. The van der Waals surface area contributed by atoms with Crippen LogP contribution in [0.1, 0.15) is 0 Å². The minimum atomic E-state index is -1.21. The fourth-order valence-corrected chi connectivity index (χ4v) is 0.150. The van der Waals surface area contributed by atoms with Crippen LogP contribution in [0.4, 0.5) is 0 Å². The van der Waals surface area contributed by atoms with Gasteiger partial charge in [-0.2, -0.15) is 0 Å². The Labute approximate surface area is 64.1 Å². The van der Waals surface area contributed by atoms with E-state index in [9.17, 15) is 0 Å². The largest absolute Gasteiger partial charge is 0.394 e. The molecule has 0 aromatic rings. The highest BCUT2D eigenvalue weighted by Crippen LogP contribution is 1.93. The Morgan fingerprint density at radius 1 is 1.00 bits per heavy atom. The van der Waals surface area contributed by atoms with Crippen molar-refractivity contribution < 1.29 is 15.3 Å². The maximum atomic E-state index is 8.34. The second kappa shape index (κ2) is 5.13. The van der Waals surface area contributed by atoms with E-state index in [2.05, 4.69) is 0 Å². The highest BCUT2D eigenvalue weighted by molar-refractivity contribution is 8.93. The number of aliphatic hydroxyl groups is 3. The summed E-state index contributed by atoms with van der Waals surface area (Å²) in [6.45, 7) is -1.21. The molecule has 0 aromatic heterocycles. The Morgan fingerprint density at radius 3 is 1.22 bits per heavy atom. The Kier molecular flexibility index (Phi) is 6.87. The fraction of sp³-hybridized carbons (Fsp3) is 1.00. The summed E-state index contributed by atoms with van der Waals surface area (Å²) in [4.78, 5) is 0. The van der Waals surface area contributed by atoms with E-state index in [4.69, 9.17) is 21.1 Å². The third kappa shape index (κ3) is 3.83. The summed E-state index contributed by atoms with van der Waals surface area (Å²) in [5, 5.41) is 25.0. The number of hydrogen-bond acceptors (Lipinski definition) is 4. The van der Waals surface area contributed by atoms with Crippen LogP contribution < -0.4 is 5.73 Å². The summed E-state index contributed by atoms with van der Waals surface area (Å²) in [6.07, 6.45) is 0. The lowest BCUT2D eigenvalue weighted by Crippen LogP contribution is -2.50. The van der Waals surface area contributed by atoms with Gasteiger partial charge in [0.1, 0.15) is 0 Å². The molecule has 0 amide bonds. The summed E-state index contributed by atoms with van der Waals surface area (Å²) in [5.74, 6) is 0. The first-order valence-corrected chi connectivity index (χ1v) is 2.30. The van der Waals surface area contributed by atoms with Gasteiger partial charge >= 0.3 is 0 Å². The summed E-state index contributed by atoms with van der Waals surface area (Å²) in [6, 6.07) is 0. The minimum Gasteiger partial charge on any atom is -0.394 e. The van der Waals surface area contributed by atoms with Gasteiger partial charge in [0, 0.05) is 0 Å². The molecule has 0 fully saturated rings. The van der Waals surface area contributed by atoms with E-state index >= 15 is 0 Å². The Morgan fingerprint density at radius 2 is 1.22 bits per heavy atom. The maximum Gasteiger partial charge on any atom is 0.0856 e. The van der Waals surface area contributed by atoms with Crippen molar-refractivity contribution in [3.05, 3.63) is 0 Å². The van der Waals surface area contributed by atoms with E-state index in [1.54, 1.807) is 0 Å². The van der Waals surface area contributed by atoms with E-state index < -0.39 is 25.4 Å². The van der Waals surface area contributed by atoms with Crippen molar-refractivity contribution >= 4 is 17.0 Å². The van der Waals surface area contributed by atoms with Crippen molar-refractivity contribution in [2.45, 2.75) is 5.54 Å². The molecule has 0 saturated carbocycles. The van der Waals surface area contributed by atoms with Gasteiger partial charge in [-0.3, -0.25) is 0 Å². The number of aliphatic hydroxyl groups excluding tert-OH is 3. The van der Waals surface area contributed by atoms with E-state index in [0.29, 0.717) is 0 Å². The van der Waals surface area contributed by atoms with Crippen LogP contribution in [0.3, 0.4) is 0 Å². The molecule has 0 aliphatic rings. The average Bonchev–Trinajstić information content (AvgIpc) is 1.87. The summed E-state index contributed by atoms with van der Waals surface area (Å²) in [5.41, 5.74) is 3.94. The standard InChI is InChI=1S/C4H11NO3.BrH/c5-4(1-6,2-7)3-8;/h6-8H,1-3,5H2;1H.